The highest BCUT2D eigenvalue weighted by Gasteiger charge is 2.22. The topological polar surface area (TPSA) is 69.5 Å². The summed E-state index contributed by atoms with van der Waals surface area (Å²) in [5.74, 6) is 0.716. The highest BCUT2D eigenvalue weighted by molar-refractivity contribution is 9.10. The van der Waals surface area contributed by atoms with Crippen molar-refractivity contribution in [1.82, 2.24) is 0 Å². The Bertz CT molecular complexity index is 876. The third kappa shape index (κ3) is 4.11. The summed E-state index contributed by atoms with van der Waals surface area (Å²) in [6.07, 6.45) is 1.73. The smallest absolute Gasteiger partial charge is 0.337 e. The first-order chi connectivity index (χ1) is 12.6. The van der Waals surface area contributed by atoms with Crippen molar-refractivity contribution < 1.29 is 19.0 Å². The fourth-order valence-electron chi connectivity index (χ4n) is 2.42. The first-order valence-electron chi connectivity index (χ1n) is 8.00. The Balaban J connectivity index is 1.93. The molecule has 6 nitrogen and oxygen atoms in total. The van der Waals surface area contributed by atoms with E-state index in [9.17, 15) is 4.79 Å². The lowest BCUT2D eigenvalue weighted by atomic mass is 10.1. The molecule has 0 aromatic heterocycles. The molecule has 2 aromatic carbocycles. The Labute approximate surface area is 159 Å². The summed E-state index contributed by atoms with van der Waals surface area (Å²) in [6, 6.07) is 11.0. The fourth-order valence-corrected chi connectivity index (χ4v) is 2.69. The predicted molar refractivity (Wildman–Crippen MR) is 101 cm³/mol. The molecule has 0 bridgehead atoms. The van der Waals surface area contributed by atoms with Gasteiger partial charge in [-0.2, -0.15) is 10.2 Å². The van der Waals surface area contributed by atoms with Gasteiger partial charge in [-0.1, -0.05) is 15.9 Å². The number of fused-ring (bicyclic) bond motifs is 1. The minimum absolute atomic E-state index is 0.141. The third-order valence-corrected chi connectivity index (χ3v) is 4.16. The van der Waals surface area contributed by atoms with Gasteiger partial charge in [0.2, 0.25) is 0 Å². The van der Waals surface area contributed by atoms with E-state index in [4.69, 9.17) is 14.2 Å². The molecule has 0 spiro atoms. The number of benzene rings is 2. The van der Waals surface area contributed by atoms with Crippen LogP contribution in [0.25, 0.3) is 6.08 Å². The van der Waals surface area contributed by atoms with Crippen molar-refractivity contribution in [3.63, 3.8) is 0 Å². The number of azo groups is 1. The molecule has 0 aliphatic carbocycles. The van der Waals surface area contributed by atoms with Gasteiger partial charge in [0.1, 0.15) is 6.61 Å². The summed E-state index contributed by atoms with van der Waals surface area (Å²) in [5.41, 5.74) is 2.46. The van der Waals surface area contributed by atoms with E-state index in [1.165, 1.54) is 0 Å². The number of carbonyl (C=O) groups is 1. The molecule has 3 rings (SSSR count). The number of hydrogen-bond acceptors (Lipinski definition) is 6. The second kappa shape index (κ2) is 8.14. The lowest BCUT2D eigenvalue weighted by Gasteiger charge is -2.19. The largest absolute Gasteiger partial charge is 0.493 e. The van der Waals surface area contributed by atoms with Crippen molar-refractivity contribution in [2.45, 2.75) is 6.92 Å². The summed E-state index contributed by atoms with van der Waals surface area (Å²) in [5, 5.41) is 8.48. The lowest BCUT2D eigenvalue weighted by molar-refractivity contribution is -0.138. The number of rotatable bonds is 5. The Morgan fingerprint density at radius 3 is 2.62 bits per heavy atom. The second-order valence-corrected chi connectivity index (χ2v) is 6.34. The molecular formula is C19H17BrN2O4. The van der Waals surface area contributed by atoms with E-state index in [2.05, 4.69) is 26.2 Å². The molecule has 0 atom stereocenters. The molecule has 134 valence electrons. The van der Waals surface area contributed by atoms with Gasteiger partial charge in [-0.3, -0.25) is 0 Å². The SMILES string of the molecule is CCOC(=O)C1=Cc2cc(N=Nc3ccc(Br)cc3)cc(OC)c2OC1. The van der Waals surface area contributed by atoms with E-state index in [-0.39, 0.29) is 12.6 Å². The van der Waals surface area contributed by atoms with E-state index in [1.54, 1.807) is 32.2 Å². The Morgan fingerprint density at radius 1 is 1.19 bits per heavy atom. The van der Waals surface area contributed by atoms with Crippen molar-refractivity contribution >= 4 is 39.4 Å². The number of hydrogen-bond donors (Lipinski definition) is 0. The monoisotopic (exact) mass is 416 g/mol. The van der Waals surface area contributed by atoms with Crippen LogP contribution in [0.5, 0.6) is 11.5 Å². The zero-order valence-corrected chi connectivity index (χ0v) is 15.9. The number of ether oxygens (including phenoxy) is 3. The molecule has 26 heavy (non-hydrogen) atoms. The zero-order valence-electron chi connectivity index (χ0n) is 14.4. The van der Waals surface area contributed by atoms with Crippen LogP contribution in [0.3, 0.4) is 0 Å². The third-order valence-electron chi connectivity index (χ3n) is 3.64. The van der Waals surface area contributed by atoms with E-state index >= 15 is 0 Å². The lowest BCUT2D eigenvalue weighted by Crippen LogP contribution is -2.17. The maximum Gasteiger partial charge on any atom is 0.337 e. The number of esters is 1. The van der Waals surface area contributed by atoms with Gasteiger partial charge < -0.3 is 14.2 Å². The predicted octanol–water partition coefficient (Wildman–Crippen LogP) is 5.21. The maximum absolute atomic E-state index is 11.9. The average Bonchev–Trinajstić information content (AvgIpc) is 2.66. The summed E-state index contributed by atoms with van der Waals surface area (Å²) < 4.78 is 17.1. The van der Waals surface area contributed by atoms with Gasteiger partial charge in [0.15, 0.2) is 11.5 Å². The molecule has 2 aromatic rings. The van der Waals surface area contributed by atoms with Crippen molar-refractivity contribution in [2.24, 2.45) is 10.2 Å². The van der Waals surface area contributed by atoms with Crippen LogP contribution in [0.15, 0.2) is 56.7 Å². The summed E-state index contributed by atoms with van der Waals surface area (Å²) in [6.45, 7) is 2.22. The molecule has 0 fully saturated rings. The number of methoxy groups -OCH3 is 1. The molecule has 1 heterocycles. The molecule has 0 saturated heterocycles. The van der Waals surface area contributed by atoms with E-state index < -0.39 is 0 Å². The van der Waals surface area contributed by atoms with Crippen LogP contribution in [0.2, 0.25) is 0 Å². The van der Waals surface area contributed by atoms with Gasteiger partial charge in [-0.15, -0.1) is 0 Å². The van der Waals surface area contributed by atoms with Crippen LogP contribution in [0, 0.1) is 0 Å². The highest BCUT2D eigenvalue weighted by atomic mass is 79.9. The number of halogens is 1. The van der Waals surface area contributed by atoms with Crippen molar-refractivity contribution in [3.05, 3.63) is 52.0 Å². The first kappa shape index (κ1) is 18.1. The van der Waals surface area contributed by atoms with Crippen LogP contribution in [0.1, 0.15) is 12.5 Å². The minimum Gasteiger partial charge on any atom is -0.493 e. The van der Waals surface area contributed by atoms with Gasteiger partial charge in [0.25, 0.3) is 0 Å². The van der Waals surface area contributed by atoms with Gasteiger partial charge in [-0.05, 0) is 43.3 Å². The zero-order chi connectivity index (χ0) is 18.5. The number of nitrogens with zero attached hydrogens (tertiary/aromatic N) is 2. The van der Waals surface area contributed by atoms with Crippen molar-refractivity contribution in [2.75, 3.05) is 20.3 Å². The van der Waals surface area contributed by atoms with Crippen molar-refractivity contribution in [3.8, 4) is 11.5 Å². The molecule has 1 aliphatic rings. The second-order valence-electron chi connectivity index (χ2n) is 5.42. The quantitative estimate of drug-likeness (QED) is 0.495. The minimum atomic E-state index is -0.390. The molecule has 0 amide bonds. The maximum atomic E-state index is 11.9. The van der Waals surface area contributed by atoms with E-state index in [1.807, 2.05) is 24.3 Å². The molecular weight excluding hydrogens is 400 g/mol. The van der Waals surface area contributed by atoms with Crippen LogP contribution in [0.4, 0.5) is 11.4 Å². The van der Waals surface area contributed by atoms with E-state index in [0.717, 1.165) is 10.2 Å². The van der Waals surface area contributed by atoms with Gasteiger partial charge >= 0.3 is 5.97 Å². The Kier molecular flexibility index (Phi) is 5.68. The molecule has 0 unspecified atom stereocenters. The first-order valence-corrected chi connectivity index (χ1v) is 8.80. The van der Waals surface area contributed by atoms with Gasteiger partial charge in [0.05, 0.1) is 30.7 Å². The highest BCUT2D eigenvalue weighted by Crippen LogP contribution is 2.40. The van der Waals surface area contributed by atoms with Crippen molar-refractivity contribution in [1.29, 1.82) is 0 Å². The summed E-state index contributed by atoms with van der Waals surface area (Å²) >= 11 is 3.38. The van der Waals surface area contributed by atoms with Crippen LogP contribution < -0.4 is 9.47 Å². The Hall–Kier alpha value is -2.67. The Morgan fingerprint density at radius 2 is 1.92 bits per heavy atom. The average molecular weight is 417 g/mol. The standard InChI is InChI=1S/C19H17BrN2O4/c1-3-25-19(23)13-8-12-9-16(10-17(24-2)18(12)26-11-13)22-21-15-6-4-14(20)5-7-15/h4-10H,3,11H2,1-2H3. The molecule has 0 radical (unpaired) electrons. The molecule has 1 aliphatic heterocycles. The summed E-state index contributed by atoms with van der Waals surface area (Å²) in [7, 11) is 1.55. The van der Waals surface area contributed by atoms with Gasteiger partial charge in [-0.25, -0.2) is 4.79 Å². The molecule has 0 saturated carbocycles. The number of carbonyl (C=O) groups excluding carboxylic acids is 1. The van der Waals surface area contributed by atoms with E-state index in [0.29, 0.717) is 34.9 Å². The van der Waals surface area contributed by atoms with Crippen LogP contribution in [-0.2, 0) is 9.53 Å². The molecule has 0 N–H and O–H groups in total. The van der Waals surface area contributed by atoms with Crippen LogP contribution in [-0.4, -0.2) is 26.3 Å². The van der Waals surface area contributed by atoms with Gasteiger partial charge in [0, 0.05) is 16.1 Å². The van der Waals surface area contributed by atoms with Crippen LogP contribution >= 0.6 is 15.9 Å². The molecule has 7 heteroatoms. The normalized spacial score (nSPS) is 13.0. The summed E-state index contributed by atoms with van der Waals surface area (Å²) in [4.78, 5) is 11.9. The fraction of sp³-hybridized carbons (Fsp3) is 0.211.